The van der Waals surface area contributed by atoms with Crippen molar-refractivity contribution < 1.29 is 14.3 Å². The van der Waals surface area contributed by atoms with Crippen LogP contribution in [0.4, 0.5) is 0 Å². The van der Waals surface area contributed by atoms with Gasteiger partial charge in [-0.3, -0.25) is 9.59 Å². The molecule has 0 bridgehead atoms. The van der Waals surface area contributed by atoms with Crippen LogP contribution in [0.25, 0.3) is 6.08 Å². The quantitative estimate of drug-likeness (QED) is 0.626. The number of amides is 1. The Bertz CT molecular complexity index is 769. The molecular weight excluding hydrogens is 338 g/mol. The molecule has 0 fully saturated rings. The Kier molecular flexibility index (Phi) is 6.78. The van der Waals surface area contributed by atoms with Gasteiger partial charge in [-0.25, -0.2) is 0 Å². The minimum absolute atomic E-state index is 0.00431. The highest BCUT2D eigenvalue weighted by molar-refractivity contribution is 6.31. The fraction of sp³-hybridized carbons (Fsp3) is 0.200. The molecule has 0 radical (unpaired) electrons. The lowest BCUT2D eigenvalue weighted by Gasteiger charge is -2.18. The van der Waals surface area contributed by atoms with Crippen LogP contribution in [0.15, 0.2) is 54.6 Å². The zero-order valence-electron chi connectivity index (χ0n) is 14.2. The number of carbonyl (C=O) groups is 2. The molecular formula is C20H20ClNO3. The molecule has 0 spiro atoms. The average Bonchev–Trinajstić information content (AvgIpc) is 2.61. The number of aryl methyl sites for hydroxylation is 1. The van der Waals surface area contributed by atoms with E-state index in [1.807, 2.05) is 31.2 Å². The van der Waals surface area contributed by atoms with Gasteiger partial charge in [-0.15, -0.1) is 0 Å². The van der Waals surface area contributed by atoms with Gasteiger partial charge < -0.3 is 10.1 Å². The van der Waals surface area contributed by atoms with Gasteiger partial charge in [0.15, 0.2) is 0 Å². The van der Waals surface area contributed by atoms with E-state index in [0.29, 0.717) is 10.6 Å². The van der Waals surface area contributed by atoms with Crippen LogP contribution >= 0.6 is 11.6 Å². The molecule has 0 saturated heterocycles. The Labute approximate surface area is 152 Å². The van der Waals surface area contributed by atoms with E-state index in [2.05, 4.69) is 5.32 Å². The summed E-state index contributed by atoms with van der Waals surface area (Å²) in [6, 6.07) is 14.3. The Morgan fingerprint density at radius 2 is 1.84 bits per heavy atom. The minimum Gasteiger partial charge on any atom is -0.469 e. The van der Waals surface area contributed by atoms with E-state index in [1.54, 1.807) is 30.3 Å². The summed E-state index contributed by atoms with van der Waals surface area (Å²) in [4.78, 5) is 23.9. The maximum absolute atomic E-state index is 12.3. The molecule has 2 rings (SSSR count). The first kappa shape index (κ1) is 18.7. The molecule has 1 atom stereocenters. The molecule has 0 heterocycles. The largest absolute Gasteiger partial charge is 0.469 e. The Hall–Kier alpha value is -2.59. The van der Waals surface area contributed by atoms with E-state index >= 15 is 0 Å². The summed E-state index contributed by atoms with van der Waals surface area (Å²) in [6.07, 6.45) is 3.16. The van der Waals surface area contributed by atoms with E-state index in [-0.39, 0.29) is 12.3 Å². The van der Waals surface area contributed by atoms with E-state index in [0.717, 1.165) is 11.1 Å². The summed E-state index contributed by atoms with van der Waals surface area (Å²) < 4.78 is 4.71. The van der Waals surface area contributed by atoms with Crippen molar-refractivity contribution in [1.29, 1.82) is 0 Å². The fourth-order valence-corrected chi connectivity index (χ4v) is 2.58. The van der Waals surface area contributed by atoms with Crippen molar-refractivity contribution in [3.05, 3.63) is 76.3 Å². The van der Waals surface area contributed by atoms with Gasteiger partial charge in [0.1, 0.15) is 0 Å². The lowest BCUT2D eigenvalue weighted by Crippen LogP contribution is -2.29. The lowest BCUT2D eigenvalue weighted by molar-refractivity contribution is -0.141. The molecule has 0 aromatic heterocycles. The van der Waals surface area contributed by atoms with E-state index in [1.165, 1.54) is 13.2 Å². The van der Waals surface area contributed by atoms with Crippen LogP contribution in [0.5, 0.6) is 0 Å². The molecule has 5 heteroatoms. The third-order valence-electron chi connectivity index (χ3n) is 3.70. The molecule has 2 aromatic rings. The maximum Gasteiger partial charge on any atom is 0.307 e. The molecule has 4 nitrogen and oxygen atoms in total. The first-order chi connectivity index (χ1) is 12.0. The number of hydrogen-bond acceptors (Lipinski definition) is 3. The Balaban J connectivity index is 2.12. The van der Waals surface area contributed by atoms with Crippen LogP contribution < -0.4 is 5.32 Å². The van der Waals surface area contributed by atoms with Crippen molar-refractivity contribution in [2.24, 2.45) is 0 Å². The van der Waals surface area contributed by atoms with E-state index in [9.17, 15) is 9.59 Å². The Morgan fingerprint density at radius 1 is 1.16 bits per heavy atom. The molecule has 1 unspecified atom stereocenters. The molecule has 0 aliphatic rings. The van der Waals surface area contributed by atoms with Gasteiger partial charge >= 0.3 is 5.97 Å². The van der Waals surface area contributed by atoms with Crippen molar-refractivity contribution in [2.45, 2.75) is 19.4 Å². The van der Waals surface area contributed by atoms with Crippen LogP contribution in [0, 0.1) is 6.92 Å². The van der Waals surface area contributed by atoms with Gasteiger partial charge in [-0.2, -0.15) is 0 Å². The second-order valence-corrected chi connectivity index (χ2v) is 6.01. The first-order valence-electron chi connectivity index (χ1n) is 7.86. The predicted molar refractivity (Wildman–Crippen MR) is 99.2 cm³/mol. The number of benzene rings is 2. The number of ether oxygens (including phenoxy) is 1. The van der Waals surface area contributed by atoms with Gasteiger partial charge in [-0.05, 0) is 30.2 Å². The summed E-state index contributed by atoms with van der Waals surface area (Å²) in [5.74, 6) is -0.734. The second kappa shape index (κ2) is 9.04. The summed E-state index contributed by atoms with van der Waals surface area (Å²) in [5, 5.41) is 3.30. The topological polar surface area (TPSA) is 55.4 Å². The van der Waals surface area contributed by atoms with Gasteiger partial charge in [-0.1, -0.05) is 59.6 Å². The normalized spacial score (nSPS) is 12.0. The van der Waals surface area contributed by atoms with Crippen molar-refractivity contribution in [3.8, 4) is 0 Å². The number of carbonyl (C=O) groups excluding carboxylic acids is 2. The number of methoxy groups -OCH3 is 1. The highest BCUT2D eigenvalue weighted by atomic mass is 35.5. The van der Waals surface area contributed by atoms with Gasteiger partial charge in [0, 0.05) is 11.1 Å². The van der Waals surface area contributed by atoms with Gasteiger partial charge in [0.25, 0.3) is 0 Å². The molecule has 1 amide bonds. The maximum atomic E-state index is 12.3. The molecule has 25 heavy (non-hydrogen) atoms. The molecule has 0 aliphatic carbocycles. The van der Waals surface area contributed by atoms with Gasteiger partial charge in [0.05, 0.1) is 19.6 Å². The van der Waals surface area contributed by atoms with E-state index < -0.39 is 12.0 Å². The molecule has 0 saturated carbocycles. The van der Waals surface area contributed by atoms with Crippen molar-refractivity contribution in [2.75, 3.05) is 7.11 Å². The monoisotopic (exact) mass is 357 g/mol. The molecule has 0 aliphatic heterocycles. The van der Waals surface area contributed by atoms with Crippen LogP contribution in [0.2, 0.25) is 5.02 Å². The van der Waals surface area contributed by atoms with Gasteiger partial charge in [0.2, 0.25) is 5.91 Å². The number of esters is 1. The standard InChI is InChI=1S/C20H20ClNO3/c1-14-7-9-15(10-8-14)11-12-19(23)22-18(13-20(24)25-2)16-5-3-4-6-17(16)21/h3-12,18H,13H2,1-2H3,(H,22,23)/b12-11+. The van der Waals surface area contributed by atoms with Crippen LogP contribution in [0.1, 0.15) is 29.2 Å². The summed E-state index contributed by atoms with van der Waals surface area (Å²) in [6.45, 7) is 2.00. The van der Waals surface area contributed by atoms with Crippen molar-refractivity contribution in [1.82, 2.24) is 5.32 Å². The summed E-state index contributed by atoms with van der Waals surface area (Å²) in [5.41, 5.74) is 2.74. The fourth-order valence-electron chi connectivity index (χ4n) is 2.32. The molecule has 130 valence electrons. The first-order valence-corrected chi connectivity index (χ1v) is 8.24. The number of hydrogen-bond donors (Lipinski definition) is 1. The van der Waals surface area contributed by atoms with Crippen LogP contribution in [0.3, 0.4) is 0 Å². The van der Waals surface area contributed by atoms with Crippen LogP contribution in [-0.4, -0.2) is 19.0 Å². The SMILES string of the molecule is COC(=O)CC(NC(=O)/C=C/c1ccc(C)cc1)c1ccccc1Cl. The summed E-state index contributed by atoms with van der Waals surface area (Å²) in [7, 11) is 1.31. The third-order valence-corrected chi connectivity index (χ3v) is 4.04. The number of rotatable bonds is 6. The van der Waals surface area contributed by atoms with E-state index in [4.69, 9.17) is 16.3 Å². The lowest BCUT2D eigenvalue weighted by atomic mass is 10.0. The average molecular weight is 358 g/mol. The number of nitrogens with one attached hydrogen (secondary N) is 1. The molecule has 1 N–H and O–H groups in total. The number of halogens is 1. The zero-order valence-corrected chi connectivity index (χ0v) is 14.9. The zero-order chi connectivity index (χ0) is 18.2. The predicted octanol–water partition coefficient (Wildman–Crippen LogP) is 4.08. The van der Waals surface area contributed by atoms with Crippen molar-refractivity contribution in [3.63, 3.8) is 0 Å². The smallest absolute Gasteiger partial charge is 0.307 e. The third kappa shape index (κ3) is 5.76. The van der Waals surface area contributed by atoms with Crippen molar-refractivity contribution >= 4 is 29.6 Å². The summed E-state index contributed by atoms with van der Waals surface area (Å²) >= 11 is 6.20. The highest BCUT2D eigenvalue weighted by Gasteiger charge is 2.20. The Morgan fingerprint density at radius 3 is 2.48 bits per heavy atom. The highest BCUT2D eigenvalue weighted by Crippen LogP contribution is 2.25. The van der Waals surface area contributed by atoms with Crippen LogP contribution in [-0.2, 0) is 14.3 Å². The second-order valence-electron chi connectivity index (χ2n) is 5.61. The molecule has 2 aromatic carbocycles. The minimum atomic E-state index is -0.559.